The van der Waals surface area contributed by atoms with Gasteiger partial charge in [0, 0.05) is 13.1 Å². The van der Waals surface area contributed by atoms with Gasteiger partial charge in [0.25, 0.3) is 0 Å². The summed E-state index contributed by atoms with van der Waals surface area (Å²) in [4.78, 5) is 11.0. The highest BCUT2D eigenvalue weighted by atomic mass is 16.6. The fourth-order valence-electron chi connectivity index (χ4n) is 2.43. The molecule has 4 heteroatoms. The molecule has 2 rings (SSSR count). The molecular formula is C13H23NO3. The second-order valence-electron chi connectivity index (χ2n) is 5.17. The van der Waals surface area contributed by atoms with Gasteiger partial charge in [0.05, 0.1) is 13.2 Å². The van der Waals surface area contributed by atoms with Crippen LogP contribution in [0.3, 0.4) is 0 Å². The molecule has 98 valence electrons. The summed E-state index contributed by atoms with van der Waals surface area (Å²) in [6, 6.07) is 0. The second-order valence-corrected chi connectivity index (χ2v) is 5.17. The summed E-state index contributed by atoms with van der Waals surface area (Å²) in [5.74, 6) is 0.722. The van der Waals surface area contributed by atoms with Crippen LogP contribution < -0.4 is 5.32 Å². The quantitative estimate of drug-likeness (QED) is 0.489. The highest BCUT2D eigenvalue weighted by Crippen LogP contribution is 2.60. The van der Waals surface area contributed by atoms with E-state index in [0.717, 1.165) is 19.0 Å². The molecule has 0 aliphatic heterocycles. The highest BCUT2D eigenvalue weighted by molar-refractivity contribution is 5.70. The molecule has 0 atom stereocenters. The van der Waals surface area contributed by atoms with Crippen molar-refractivity contribution in [3.8, 4) is 0 Å². The summed E-state index contributed by atoms with van der Waals surface area (Å²) in [5.41, 5.74) is 0.640. The SMILES string of the molecule is CCOC(=O)COCCNCC1(C2CC2)CC1. The van der Waals surface area contributed by atoms with Crippen LogP contribution in [0.15, 0.2) is 0 Å². The number of rotatable bonds is 9. The molecule has 0 bridgehead atoms. The van der Waals surface area contributed by atoms with Crippen molar-refractivity contribution in [1.29, 1.82) is 0 Å². The van der Waals surface area contributed by atoms with E-state index in [1.807, 2.05) is 0 Å². The number of ether oxygens (including phenoxy) is 2. The van der Waals surface area contributed by atoms with E-state index >= 15 is 0 Å². The monoisotopic (exact) mass is 241 g/mol. The molecule has 0 radical (unpaired) electrons. The van der Waals surface area contributed by atoms with Gasteiger partial charge in [0.15, 0.2) is 0 Å². The first-order valence-electron chi connectivity index (χ1n) is 6.71. The Morgan fingerprint density at radius 2 is 2.18 bits per heavy atom. The van der Waals surface area contributed by atoms with Gasteiger partial charge < -0.3 is 14.8 Å². The Kier molecular flexibility index (Phi) is 4.40. The smallest absolute Gasteiger partial charge is 0.332 e. The Labute approximate surface area is 103 Å². The molecule has 2 saturated carbocycles. The standard InChI is InChI=1S/C13H23NO3/c1-2-17-12(15)9-16-8-7-14-10-13(5-6-13)11-3-4-11/h11,14H,2-10H2,1H3. The fraction of sp³-hybridized carbons (Fsp3) is 0.923. The van der Waals surface area contributed by atoms with Gasteiger partial charge >= 0.3 is 5.97 Å². The van der Waals surface area contributed by atoms with E-state index in [0.29, 0.717) is 18.6 Å². The third-order valence-corrected chi connectivity index (χ3v) is 3.76. The predicted octanol–water partition coefficient (Wildman–Crippen LogP) is 1.35. The molecule has 0 amide bonds. The van der Waals surface area contributed by atoms with E-state index in [1.165, 1.54) is 25.7 Å². The number of esters is 1. The minimum Gasteiger partial charge on any atom is -0.464 e. The molecule has 0 unspecified atom stereocenters. The Balaban J connectivity index is 1.43. The molecule has 4 nitrogen and oxygen atoms in total. The zero-order valence-corrected chi connectivity index (χ0v) is 10.7. The van der Waals surface area contributed by atoms with Crippen LogP contribution >= 0.6 is 0 Å². The van der Waals surface area contributed by atoms with Crippen molar-refractivity contribution in [2.24, 2.45) is 11.3 Å². The number of hydrogen-bond acceptors (Lipinski definition) is 4. The number of carbonyl (C=O) groups excluding carboxylic acids is 1. The summed E-state index contributed by atoms with van der Waals surface area (Å²) in [6.07, 6.45) is 5.66. The molecule has 0 saturated heterocycles. The van der Waals surface area contributed by atoms with Crippen LogP contribution in [-0.2, 0) is 14.3 Å². The summed E-state index contributed by atoms with van der Waals surface area (Å²) in [6.45, 7) is 4.83. The second kappa shape index (κ2) is 5.83. The van der Waals surface area contributed by atoms with E-state index in [1.54, 1.807) is 6.92 Å². The van der Waals surface area contributed by atoms with Crippen LogP contribution in [-0.4, -0.2) is 38.9 Å². The predicted molar refractivity (Wildman–Crippen MR) is 64.7 cm³/mol. The third kappa shape index (κ3) is 3.96. The maximum absolute atomic E-state index is 11.0. The minimum atomic E-state index is -0.274. The average molecular weight is 241 g/mol. The maximum atomic E-state index is 11.0. The Bertz CT molecular complexity index is 259. The molecule has 0 spiro atoms. The Morgan fingerprint density at radius 3 is 2.76 bits per heavy atom. The summed E-state index contributed by atoms with van der Waals surface area (Å²) in [5, 5.41) is 3.44. The molecule has 1 N–H and O–H groups in total. The van der Waals surface area contributed by atoms with Crippen LogP contribution in [0.25, 0.3) is 0 Å². The molecule has 17 heavy (non-hydrogen) atoms. The topological polar surface area (TPSA) is 47.6 Å². The molecule has 0 aromatic rings. The maximum Gasteiger partial charge on any atom is 0.332 e. The van der Waals surface area contributed by atoms with Gasteiger partial charge in [-0.25, -0.2) is 4.79 Å². The van der Waals surface area contributed by atoms with Crippen LogP contribution in [0, 0.1) is 11.3 Å². The van der Waals surface area contributed by atoms with E-state index in [9.17, 15) is 4.79 Å². The number of carbonyl (C=O) groups is 1. The summed E-state index contributed by atoms with van der Waals surface area (Å²) < 4.78 is 9.99. The molecule has 2 fully saturated rings. The average Bonchev–Trinajstić information content (AvgIpc) is 3.16. The molecule has 0 aromatic carbocycles. The molecule has 2 aliphatic carbocycles. The van der Waals surface area contributed by atoms with Gasteiger partial charge in [-0.05, 0) is 43.9 Å². The Hall–Kier alpha value is -0.610. The van der Waals surface area contributed by atoms with Gasteiger partial charge in [-0.15, -0.1) is 0 Å². The van der Waals surface area contributed by atoms with Crippen LogP contribution in [0.4, 0.5) is 0 Å². The Morgan fingerprint density at radius 1 is 1.41 bits per heavy atom. The first-order valence-corrected chi connectivity index (χ1v) is 6.71. The van der Waals surface area contributed by atoms with Crippen molar-refractivity contribution in [3.63, 3.8) is 0 Å². The summed E-state index contributed by atoms with van der Waals surface area (Å²) >= 11 is 0. The number of nitrogens with one attached hydrogen (secondary N) is 1. The van der Waals surface area contributed by atoms with Crippen molar-refractivity contribution in [1.82, 2.24) is 5.32 Å². The van der Waals surface area contributed by atoms with Gasteiger partial charge in [-0.3, -0.25) is 0 Å². The van der Waals surface area contributed by atoms with Gasteiger partial charge in [0.2, 0.25) is 0 Å². The van der Waals surface area contributed by atoms with Crippen LogP contribution in [0.5, 0.6) is 0 Å². The van der Waals surface area contributed by atoms with E-state index in [4.69, 9.17) is 9.47 Å². The lowest BCUT2D eigenvalue weighted by molar-refractivity contribution is -0.148. The van der Waals surface area contributed by atoms with Crippen molar-refractivity contribution < 1.29 is 14.3 Å². The van der Waals surface area contributed by atoms with Crippen LogP contribution in [0.2, 0.25) is 0 Å². The molecule has 2 aliphatic rings. The van der Waals surface area contributed by atoms with Crippen molar-refractivity contribution in [3.05, 3.63) is 0 Å². The normalized spacial score (nSPS) is 21.2. The van der Waals surface area contributed by atoms with Crippen molar-refractivity contribution in [2.75, 3.05) is 32.9 Å². The van der Waals surface area contributed by atoms with Gasteiger partial charge in [-0.2, -0.15) is 0 Å². The zero-order chi connectivity index (χ0) is 12.1. The fourth-order valence-corrected chi connectivity index (χ4v) is 2.43. The molecule has 0 aromatic heterocycles. The number of hydrogen-bond donors (Lipinski definition) is 1. The molecular weight excluding hydrogens is 218 g/mol. The van der Waals surface area contributed by atoms with E-state index < -0.39 is 0 Å². The summed E-state index contributed by atoms with van der Waals surface area (Å²) in [7, 11) is 0. The van der Waals surface area contributed by atoms with Gasteiger partial charge in [0.1, 0.15) is 6.61 Å². The van der Waals surface area contributed by atoms with E-state index in [2.05, 4.69) is 5.32 Å². The van der Waals surface area contributed by atoms with Crippen LogP contribution in [0.1, 0.15) is 32.6 Å². The van der Waals surface area contributed by atoms with E-state index in [-0.39, 0.29) is 12.6 Å². The lowest BCUT2D eigenvalue weighted by Crippen LogP contribution is -2.29. The van der Waals surface area contributed by atoms with Crippen molar-refractivity contribution in [2.45, 2.75) is 32.6 Å². The minimum absolute atomic E-state index is 0.0727. The van der Waals surface area contributed by atoms with Crippen molar-refractivity contribution >= 4 is 5.97 Å². The largest absolute Gasteiger partial charge is 0.464 e. The first kappa shape index (κ1) is 12.8. The van der Waals surface area contributed by atoms with Gasteiger partial charge in [-0.1, -0.05) is 0 Å². The first-order chi connectivity index (χ1) is 8.27. The lowest BCUT2D eigenvalue weighted by Gasteiger charge is -2.14. The zero-order valence-electron chi connectivity index (χ0n) is 10.7. The lowest BCUT2D eigenvalue weighted by atomic mass is 10.0. The molecule has 0 heterocycles. The third-order valence-electron chi connectivity index (χ3n) is 3.76. The highest BCUT2D eigenvalue weighted by Gasteiger charge is 2.52.